The fraction of sp³-hybridized carbons (Fsp3) is 0.333. The highest BCUT2D eigenvalue weighted by Crippen LogP contribution is 2.30. The molecule has 136 valence electrons. The summed E-state index contributed by atoms with van der Waals surface area (Å²) >= 11 is 3.54. The lowest BCUT2D eigenvalue weighted by Gasteiger charge is -2.25. The molecule has 1 aliphatic heterocycles. The molecule has 0 radical (unpaired) electrons. The molecule has 2 aromatic carbocycles. The van der Waals surface area contributed by atoms with Gasteiger partial charge in [0.2, 0.25) is 11.8 Å². The molecular weight excluding hydrogens is 392 g/mol. The number of likely N-dealkylation sites (tertiary alicyclic amines) is 1. The lowest BCUT2D eigenvalue weighted by atomic mass is 10.1. The van der Waals surface area contributed by atoms with Gasteiger partial charge in [0, 0.05) is 23.1 Å². The Morgan fingerprint density at radius 2 is 1.81 bits per heavy atom. The molecule has 1 heterocycles. The number of benzene rings is 2. The Balaban J connectivity index is 1.69. The summed E-state index contributed by atoms with van der Waals surface area (Å²) in [5.74, 6) is -0.384. The van der Waals surface area contributed by atoms with Crippen LogP contribution in [-0.4, -0.2) is 23.3 Å². The van der Waals surface area contributed by atoms with Crippen LogP contribution in [0.5, 0.6) is 0 Å². The van der Waals surface area contributed by atoms with Gasteiger partial charge in [0.1, 0.15) is 0 Å². The van der Waals surface area contributed by atoms with E-state index in [1.54, 1.807) is 4.90 Å². The van der Waals surface area contributed by atoms with Gasteiger partial charge in [-0.15, -0.1) is 0 Å². The molecule has 5 heteroatoms. The van der Waals surface area contributed by atoms with E-state index in [1.807, 2.05) is 63.2 Å². The first kappa shape index (κ1) is 18.6. The second-order valence-electron chi connectivity index (χ2n) is 6.95. The van der Waals surface area contributed by atoms with Crippen LogP contribution in [0.4, 0.5) is 5.69 Å². The normalized spacial score (nSPS) is 18.1. The maximum Gasteiger partial charge on any atom is 0.229 e. The average molecular weight is 415 g/mol. The Hall–Kier alpha value is -2.14. The van der Waals surface area contributed by atoms with Crippen molar-refractivity contribution in [2.45, 2.75) is 33.2 Å². The summed E-state index contributed by atoms with van der Waals surface area (Å²) in [6.07, 6.45) is 0.261. The zero-order valence-electron chi connectivity index (χ0n) is 15.3. The minimum Gasteiger partial charge on any atom is -0.335 e. The zero-order valence-corrected chi connectivity index (χ0v) is 16.8. The number of nitrogens with zero attached hydrogens (tertiary/aromatic N) is 1. The summed E-state index contributed by atoms with van der Waals surface area (Å²) < 4.78 is 1.05. The third-order valence-electron chi connectivity index (χ3n) is 4.98. The molecule has 2 aromatic rings. The minimum atomic E-state index is -0.321. The first-order valence-corrected chi connectivity index (χ1v) is 9.58. The van der Waals surface area contributed by atoms with Crippen LogP contribution in [0.3, 0.4) is 0 Å². The SMILES string of the molecule is Cc1cc(NC(=O)[C@@H]2CC(=O)N([C@H](C)c3ccccc3)C2)cc(C)c1Br. The third kappa shape index (κ3) is 3.83. The van der Waals surface area contributed by atoms with Crippen molar-refractivity contribution in [3.05, 3.63) is 63.6 Å². The fourth-order valence-electron chi connectivity index (χ4n) is 3.46. The minimum absolute atomic E-state index is 0.0290. The number of nitrogens with one attached hydrogen (secondary N) is 1. The number of amides is 2. The van der Waals surface area contributed by atoms with Gasteiger partial charge in [-0.1, -0.05) is 46.3 Å². The van der Waals surface area contributed by atoms with Crippen LogP contribution in [0.25, 0.3) is 0 Å². The molecule has 2 atom stereocenters. The van der Waals surface area contributed by atoms with Gasteiger partial charge in [-0.2, -0.15) is 0 Å². The van der Waals surface area contributed by atoms with E-state index in [9.17, 15) is 9.59 Å². The number of anilines is 1. The van der Waals surface area contributed by atoms with Crippen LogP contribution >= 0.6 is 15.9 Å². The third-order valence-corrected chi connectivity index (χ3v) is 6.23. The molecule has 2 amide bonds. The summed E-state index contributed by atoms with van der Waals surface area (Å²) in [6, 6.07) is 13.8. The van der Waals surface area contributed by atoms with Crippen LogP contribution in [0.1, 0.15) is 36.1 Å². The van der Waals surface area contributed by atoms with Gasteiger partial charge in [-0.25, -0.2) is 0 Å². The van der Waals surface area contributed by atoms with E-state index in [0.29, 0.717) is 6.54 Å². The van der Waals surface area contributed by atoms with Crippen LogP contribution in [0, 0.1) is 19.8 Å². The van der Waals surface area contributed by atoms with Crippen molar-refractivity contribution in [3.63, 3.8) is 0 Å². The highest BCUT2D eigenvalue weighted by Gasteiger charge is 2.37. The van der Waals surface area contributed by atoms with Gasteiger partial charge in [0.25, 0.3) is 0 Å². The zero-order chi connectivity index (χ0) is 18.8. The molecule has 0 aliphatic carbocycles. The maximum absolute atomic E-state index is 12.7. The molecule has 1 saturated heterocycles. The second-order valence-corrected chi connectivity index (χ2v) is 7.74. The van der Waals surface area contributed by atoms with Crippen molar-refractivity contribution in [2.75, 3.05) is 11.9 Å². The number of hydrogen-bond acceptors (Lipinski definition) is 2. The number of halogens is 1. The van der Waals surface area contributed by atoms with Crippen molar-refractivity contribution in [1.29, 1.82) is 0 Å². The number of rotatable bonds is 4. The highest BCUT2D eigenvalue weighted by molar-refractivity contribution is 9.10. The van der Waals surface area contributed by atoms with Gasteiger partial charge in [-0.3, -0.25) is 9.59 Å². The van der Waals surface area contributed by atoms with E-state index < -0.39 is 0 Å². The van der Waals surface area contributed by atoms with Crippen molar-refractivity contribution in [3.8, 4) is 0 Å². The Labute approximate surface area is 162 Å². The van der Waals surface area contributed by atoms with Crippen molar-refractivity contribution < 1.29 is 9.59 Å². The molecule has 0 bridgehead atoms. The van der Waals surface area contributed by atoms with Gasteiger partial charge < -0.3 is 10.2 Å². The molecular formula is C21H23BrN2O2. The summed E-state index contributed by atoms with van der Waals surface area (Å²) in [5.41, 5.74) is 4.00. The van der Waals surface area contributed by atoms with E-state index in [1.165, 1.54) is 0 Å². The van der Waals surface area contributed by atoms with Crippen molar-refractivity contribution in [1.82, 2.24) is 4.90 Å². The summed E-state index contributed by atoms with van der Waals surface area (Å²) in [7, 11) is 0. The van der Waals surface area contributed by atoms with E-state index in [2.05, 4.69) is 21.2 Å². The molecule has 1 aliphatic rings. The summed E-state index contributed by atoms with van der Waals surface area (Å²) in [5, 5.41) is 2.97. The van der Waals surface area contributed by atoms with Gasteiger partial charge in [0.15, 0.2) is 0 Å². The molecule has 1 fully saturated rings. The Kier molecular flexibility index (Phi) is 5.47. The van der Waals surface area contributed by atoms with Gasteiger partial charge in [-0.05, 0) is 49.6 Å². The fourth-order valence-corrected chi connectivity index (χ4v) is 3.68. The topological polar surface area (TPSA) is 49.4 Å². The first-order valence-electron chi connectivity index (χ1n) is 8.79. The second kappa shape index (κ2) is 7.62. The van der Waals surface area contributed by atoms with Crippen molar-refractivity contribution in [2.24, 2.45) is 5.92 Å². The monoisotopic (exact) mass is 414 g/mol. The summed E-state index contributed by atoms with van der Waals surface area (Å²) in [6.45, 7) is 6.45. The molecule has 0 spiro atoms. The smallest absolute Gasteiger partial charge is 0.229 e. The van der Waals surface area contributed by atoms with Crippen LogP contribution < -0.4 is 5.32 Å². The van der Waals surface area contributed by atoms with Crippen LogP contribution in [0.15, 0.2) is 46.9 Å². The number of hydrogen-bond donors (Lipinski definition) is 1. The van der Waals surface area contributed by atoms with Crippen molar-refractivity contribution >= 4 is 33.4 Å². The van der Waals surface area contributed by atoms with Gasteiger partial charge in [0.05, 0.1) is 12.0 Å². The Bertz CT molecular complexity index is 812. The summed E-state index contributed by atoms with van der Waals surface area (Å²) in [4.78, 5) is 26.9. The quantitative estimate of drug-likeness (QED) is 0.793. The molecule has 0 saturated carbocycles. The predicted molar refractivity (Wildman–Crippen MR) is 107 cm³/mol. The van der Waals surface area contributed by atoms with Crippen LogP contribution in [-0.2, 0) is 9.59 Å². The maximum atomic E-state index is 12.7. The predicted octanol–water partition coefficient (Wildman–Crippen LogP) is 4.61. The highest BCUT2D eigenvalue weighted by atomic mass is 79.9. The molecule has 0 unspecified atom stereocenters. The van der Waals surface area contributed by atoms with Crippen LogP contribution in [0.2, 0.25) is 0 Å². The molecule has 3 rings (SSSR count). The lowest BCUT2D eigenvalue weighted by molar-refractivity contribution is -0.129. The standard InChI is InChI=1S/C21H23BrN2O2/c1-13-9-18(10-14(2)20(13)22)23-21(26)17-11-19(25)24(12-17)15(3)16-7-5-4-6-8-16/h4-10,15,17H,11-12H2,1-3H3,(H,23,26)/t15-,17-/m1/s1. The van der Waals surface area contributed by atoms with E-state index in [4.69, 9.17) is 0 Å². The molecule has 1 N–H and O–H groups in total. The van der Waals surface area contributed by atoms with Gasteiger partial charge >= 0.3 is 0 Å². The number of carbonyl (C=O) groups excluding carboxylic acids is 2. The molecule has 0 aromatic heterocycles. The number of carbonyl (C=O) groups is 2. The first-order chi connectivity index (χ1) is 12.4. The van der Waals surface area contributed by atoms with E-state index >= 15 is 0 Å². The van der Waals surface area contributed by atoms with E-state index in [0.717, 1.165) is 26.9 Å². The number of aryl methyl sites for hydroxylation is 2. The van der Waals surface area contributed by atoms with E-state index in [-0.39, 0.29) is 30.2 Å². The largest absolute Gasteiger partial charge is 0.335 e. The lowest BCUT2D eigenvalue weighted by Crippen LogP contribution is -2.30. The molecule has 4 nitrogen and oxygen atoms in total. The average Bonchev–Trinajstić information content (AvgIpc) is 3.01. The molecule has 26 heavy (non-hydrogen) atoms. The Morgan fingerprint density at radius 3 is 2.42 bits per heavy atom. The Morgan fingerprint density at radius 1 is 1.19 bits per heavy atom.